The van der Waals surface area contributed by atoms with Gasteiger partial charge in [0.05, 0.1) is 5.41 Å². The second-order valence-electron chi connectivity index (χ2n) is 6.61. The summed E-state index contributed by atoms with van der Waals surface area (Å²) < 4.78 is 0. The van der Waals surface area contributed by atoms with E-state index in [4.69, 9.17) is 0 Å². The highest BCUT2D eigenvalue weighted by Gasteiger charge is 2.41. The Labute approximate surface area is 99.6 Å². The summed E-state index contributed by atoms with van der Waals surface area (Å²) in [5.74, 6) is 0.785. The van der Waals surface area contributed by atoms with Gasteiger partial charge in [0.2, 0.25) is 5.91 Å². The number of carbonyl (C=O) groups excluding carboxylic acids is 1. The van der Waals surface area contributed by atoms with Gasteiger partial charge in [-0.25, -0.2) is 0 Å². The van der Waals surface area contributed by atoms with Crippen molar-refractivity contribution in [3.8, 4) is 0 Å². The van der Waals surface area contributed by atoms with Gasteiger partial charge in [-0.1, -0.05) is 13.8 Å². The van der Waals surface area contributed by atoms with E-state index < -0.39 is 0 Å². The van der Waals surface area contributed by atoms with Crippen molar-refractivity contribution in [1.29, 1.82) is 0 Å². The van der Waals surface area contributed by atoms with Gasteiger partial charge in [-0.3, -0.25) is 4.79 Å². The molecule has 0 bridgehead atoms. The van der Waals surface area contributed by atoms with Gasteiger partial charge < -0.3 is 10.2 Å². The molecule has 1 fully saturated rings. The van der Waals surface area contributed by atoms with Crippen molar-refractivity contribution in [2.45, 2.75) is 47.1 Å². The molecule has 1 aliphatic heterocycles. The minimum absolute atomic E-state index is 0.0882. The molecule has 0 saturated carbocycles. The van der Waals surface area contributed by atoms with E-state index >= 15 is 0 Å². The Hall–Kier alpha value is -0.570. The molecule has 94 valence electrons. The molecule has 0 aromatic rings. The van der Waals surface area contributed by atoms with Crippen LogP contribution < -0.4 is 5.32 Å². The maximum atomic E-state index is 12.5. The first kappa shape index (κ1) is 13.5. The molecule has 1 saturated heterocycles. The van der Waals surface area contributed by atoms with E-state index in [2.05, 4.69) is 37.9 Å². The molecule has 1 aliphatic rings. The molecule has 16 heavy (non-hydrogen) atoms. The van der Waals surface area contributed by atoms with Crippen LogP contribution in [0.4, 0.5) is 0 Å². The summed E-state index contributed by atoms with van der Waals surface area (Å²) in [7, 11) is 0. The van der Waals surface area contributed by atoms with Crippen molar-refractivity contribution in [2.75, 3.05) is 19.6 Å². The molecule has 0 spiro atoms. The first-order chi connectivity index (χ1) is 7.17. The van der Waals surface area contributed by atoms with Gasteiger partial charge >= 0.3 is 0 Å². The van der Waals surface area contributed by atoms with Crippen LogP contribution in [0.25, 0.3) is 0 Å². The molecule has 0 aliphatic carbocycles. The van der Waals surface area contributed by atoms with E-state index in [-0.39, 0.29) is 16.9 Å². The van der Waals surface area contributed by atoms with Gasteiger partial charge in [0.25, 0.3) is 0 Å². The van der Waals surface area contributed by atoms with Crippen molar-refractivity contribution < 1.29 is 4.79 Å². The lowest BCUT2D eigenvalue weighted by Gasteiger charge is -2.40. The highest BCUT2D eigenvalue weighted by molar-refractivity contribution is 5.83. The topological polar surface area (TPSA) is 32.3 Å². The second-order valence-corrected chi connectivity index (χ2v) is 6.61. The third-order valence-corrected chi connectivity index (χ3v) is 3.23. The number of carbonyl (C=O) groups is 1. The fraction of sp³-hybridized carbons (Fsp3) is 0.923. The smallest absolute Gasteiger partial charge is 0.230 e. The van der Waals surface area contributed by atoms with E-state index in [9.17, 15) is 4.79 Å². The molecule has 1 heterocycles. The highest BCUT2D eigenvalue weighted by Crippen LogP contribution is 2.27. The summed E-state index contributed by atoms with van der Waals surface area (Å²) in [5.41, 5.74) is -0.377. The Morgan fingerprint density at radius 2 is 1.81 bits per heavy atom. The lowest BCUT2D eigenvalue weighted by atomic mass is 9.90. The number of hydrogen-bond donors (Lipinski definition) is 1. The van der Waals surface area contributed by atoms with Crippen LogP contribution in [-0.4, -0.2) is 36.0 Å². The average Bonchev–Trinajstić information content (AvgIpc) is 2.16. The zero-order chi connectivity index (χ0) is 12.6. The van der Waals surface area contributed by atoms with Crippen LogP contribution in [-0.2, 0) is 4.79 Å². The predicted molar refractivity (Wildman–Crippen MR) is 67.3 cm³/mol. The summed E-state index contributed by atoms with van der Waals surface area (Å²) >= 11 is 0. The third kappa shape index (κ3) is 2.76. The first-order valence-electron chi connectivity index (χ1n) is 6.19. The van der Waals surface area contributed by atoms with Crippen molar-refractivity contribution in [3.05, 3.63) is 0 Å². The summed E-state index contributed by atoms with van der Waals surface area (Å²) in [6.07, 6.45) is 0. The van der Waals surface area contributed by atoms with Crippen LogP contribution in [0.1, 0.15) is 41.5 Å². The molecule has 0 atom stereocenters. The van der Waals surface area contributed by atoms with Crippen LogP contribution in [0.2, 0.25) is 0 Å². The van der Waals surface area contributed by atoms with Crippen LogP contribution >= 0.6 is 0 Å². The normalized spacial score (nSPS) is 24.7. The number of rotatable bonds is 2. The van der Waals surface area contributed by atoms with Crippen LogP contribution in [0.15, 0.2) is 0 Å². The van der Waals surface area contributed by atoms with Crippen molar-refractivity contribution in [2.24, 2.45) is 11.3 Å². The number of hydrogen-bond acceptors (Lipinski definition) is 2. The molecule has 0 aromatic heterocycles. The molecule has 1 amide bonds. The minimum atomic E-state index is -0.289. The standard InChI is InChI=1S/C13H26N2O/c1-10(2)7-15-11(16)12(3,4)8-14-9-13(15,5)6/h10,14H,7-9H2,1-6H3. The quantitative estimate of drug-likeness (QED) is 0.779. The Bertz CT molecular complexity index is 269. The highest BCUT2D eigenvalue weighted by atomic mass is 16.2. The lowest BCUT2D eigenvalue weighted by molar-refractivity contribution is -0.144. The molecule has 0 radical (unpaired) electrons. The first-order valence-corrected chi connectivity index (χ1v) is 6.19. The molecule has 1 N–H and O–H groups in total. The summed E-state index contributed by atoms with van der Waals surface area (Å²) in [6, 6.07) is 0. The zero-order valence-corrected chi connectivity index (χ0v) is 11.6. The molecule has 3 heteroatoms. The largest absolute Gasteiger partial charge is 0.336 e. The third-order valence-electron chi connectivity index (χ3n) is 3.23. The fourth-order valence-corrected chi connectivity index (χ4v) is 2.19. The van der Waals surface area contributed by atoms with Crippen molar-refractivity contribution in [3.63, 3.8) is 0 Å². The average molecular weight is 226 g/mol. The summed E-state index contributed by atoms with van der Waals surface area (Å²) in [4.78, 5) is 14.6. The minimum Gasteiger partial charge on any atom is -0.336 e. The molecule has 1 rings (SSSR count). The second kappa shape index (κ2) is 4.36. The van der Waals surface area contributed by atoms with E-state index in [0.717, 1.165) is 19.6 Å². The van der Waals surface area contributed by atoms with E-state index in [1.165, 1.54) is 0 Å². The summed E-state index contributed by atoms with van der Waals surface area (Å²) in [5, 5.41) is 3.40. The molecular weight excluding hydrogens is 200 g/mol. The van der Waals surface area contributed by atoms with E-state index in [0.29, 0.717) is 5.92 Å². The van der Waals surface area contributed by atoms with Gasteiger partial charge in [0.15, 0.2) is 0 Å². The molecule has 0 unspecified atom stereocenters. The molecule has 3 nitrogen and oxygen atoms in total. The van der Waals surface area contributed by atoms with Crippen LogP contribution in [0, 0.1) is 11.3 Å². The van der Waals surface area contributed by atoms with Gasteiger partial charge in [-0.15, -0.1) is 0 Å². The summed E-state index contributed by atoms with van der Waals surface area (Å²) in [6.45, 7) is 15.1. The SMILES string of the molecule is CC(C)CN1C(=O)C(C)(C)CNCC1(C)C. The van der Waals surface area contributed by atoms with Gasteiger partial charge in [0.1, 0.15) is 0 Å². The van der Waals surface area contributed by atoms with Gasteiger partial charge in [0, 0.05) is 25.2 Å². The van der Waals surface area contributed by atoms with Gasteiger partial charge in [-0.05, 0) is 33.6 Å². The number of nitrogens with zero attached hydrogens (tertiary/aromatic N) is 1. The molecule has 0 aromatic carbocycles. The Morgan fingerprint density at radius 3 is 2.31 bits per heavy atom. The Morgan fingerprint density at radius 1 is 1.25 bits per heavy atom. The lowest BCUT2D eigenvalue weighted by Crippen LogP contribution is -2.54. The fourth-order valence-electron chi connectivity index (χ4n) is 2.19. The van der Waals surface area contributed by atoms with E-state index in [1.807, 2.05) is 13.8 Å². The van der Waals surface area contributed by atoms with Crippen molar-refractivity contribution in [1.82, 2.24) is 10.2 Å². The van der Waals surface area contributed by atoms with Gasteiger partial charge in [-0.2, -0.15) is 0 Å². The monoisotopic (exact) mass is 226 g/mol. The van der Waals surface area contributed by atoms with Crippen molar-refractivity contribution >= 4 is 5.91 Å². The maximum Gasteiger partial charge on any atom is 0.230 e. The maximum absolute atomic E-state index is 12.5. The zero-order valence-electron chi connectivity index (χ0n) is 11.6. The predicted octanol–water partition coefficient (Wildman–Crippen LogP) is 1.88. The Kier molecular flexibility index (Phi) is 3.68. The molecular formula is C13H26N2O. The van der Waals surface area contributed by atoms with Crippen LogP contribution in [0.3, 0.4) is 0 Å². The number of nitrogens with one attached hydrogen (secondary N) is 1. The van der Waals surface area contributed by atoms with Crippen LogP contribution in [0.5, 0.6) is 0 Å². The number of amides is 1. The van der Waals surface area contributed by atoms with E-state index in [1.54, 1.807) is 0 Å². The Balaban J connectivity index is 2.98.